The Morgan fingerprint density at radius 1 is 1.44 bits per heavy atom. The van der Waals surface area contributed by atoms with Crippen LogP contribution in [0.3, 0.4) is 0 Å². The number of rotatable bonds is 3. The number of hydrogen-bond donors (Lipinski definition) is 0. The van der Waals surface area contributed by atoms with Gasteiger partial charge in [0.25, 0.3) is 0 Å². The van der Waals surface area contributed by atoms with Gasteiger partial charge in [0.2, 0.25) is 0 Å². The van der Waals surface area contributed by atoms with Gasteiger partial charge in [-0.3, -0.25) is 4.68 Å². The molecular weight excluding hydrogens is 248 g/mol. The van der Waals surface area contributed by atoms with E-state index < -0.39 is 0 Å². The Hall–Kier alpha value is -1.03. The lowest BCUT2D eigenvalue weighted by Crippen LogP contribution is -2.24. The van der Waals surface area contributed by atoms with E-state index >= 15 is 0 Å². The number of halogens is 1. The van der Waals surface area contributed by atoms with Gasteiger partial charge in [-0.25, -0.2) is 4.98 Å². The maximum absolute atomic E-state index is 6.06. The summed E-state index contributed by atoms with van der Waals surface area (Å²) in [7, 11) is 1.99. The number of aromatic nitrogens is 4. The third-order valence-electron chi connectivity index (χ3n) is 4.27. The van der Waals surface area contributed by atoms with Crippen molar-refractivity contribution in [3.05, 3.63) is 11.5 Å². The van der Waals surface area contributed by atoms with Gasteiger partial charge < -0.3 is 4.57 Å². The Balaban J connectivity index is 2.17. The molecule has 0 aromatic carbocycles. The molecule has 0 saturated heterocycles. The van der Waals surface area contributed by atoms with E-state index in [9.17, 15) is 0 Å². The van der Waals surface area contributed by atoms with E-state index in [1.54, 1.807) is 0 Å². The van der Waals surface area contributed by atoms with Crippen LogP contribution in [0.25, 0.3) is 11.2 Å². The summed E-state index contributed by atoms with van der Waals surface area (Å²) in [5.74, 6) is 2.20. The lowest BCUT2D eigenvalue weighted by atomic mass is 9.80. The molecule has 98 valence electrons. The van der Waals surface area contributed by atoms with Gasteiger partial charge in [-0.1, -0.05) is 6.42 Å². The first-order valence-electron chi connectivity index (χ1n) is 6.60. The van der Waals surface area contributed by atoms with E-state index in [-0.39, 0.29) is 0 Å². The van der Waals surface area contributed by atoms with Crippen LogP contribution in [0, 0.1) is 12.8 Å². The van der Waals surface area contributed by atoms with Crippen LogP contribution in [0.5, 0.6) is 0 Å². The molecule has 1 unspecified atom stereocenters. The van der Waals surface area contributed by atoms with Gasteiger partial charge in [0.1, 0.15) is 11.3 Å². The monoisotopic (exact) mass is 266 g/mol. The van der Waals surface area contributed by atoms with Crippen LogP contribution in [0.2, 0.25) is 0 Å². The third-order valence-corrected chi connectivity index (χ3v) is 4.51. The van der Waals surface area contributed by atoms with Crippen molar-refractivity contribution in [2.45, 2.75) is 45.0 Å². The Morgan fingerprint density at radius 2 is 2.17 bits per heavy atom. The molecule has 0 spiro atoms. The third kappa shape index (κ3) is 1.58. The predicted octanol–water partition coefficient (Wildman–Crippen LogP) is 3.18. The lowest BCUT2D eigenvalue weighted by Gasteiger charge is -2.33. The first-order valence-corrected chi connectivity index (χ1v) is 7.13. The summed E-state index contributed by atoms with van der Waals surface area (Å²) >= 11 is 6.06. The highest BCUT2D eigenvalue weighted by Crippen LogP contribution is 2.38. The molecule has 2 aromatic rings. The van der Waals surface area contributed by atoms with Gasteiger partial charge in [-0.05, 0) is 32.6 Å². The number of alkyl halides is 1. The minimum Gasteiger partial charge on any atom is -0.309 e. The van der Waals surface area contributed by atoms with E-state index in [0.717, 1.165) is 28.6 Å². The smallest absolute Gasteiger partial charge is 0.158 e. The minimum absolute atomic E-state index is 0.463. The Labute approximate surface area is 112 Å². The standard InChI is InChI=1S/C13H19ClN4/c1-8-12-13(17(3)16-8)18(11(7-14)15-12)9(2)10-5-4-6-10/h9-10H,4-7H2,1-3H3. The molecule has 1 aliphatic rings. The molecule has 2 aromatic heterocycles. The average Bonchev–Trinajstić information content (AvgIpc) is 2.75. The second kappa shape index (κ2) is 4.26. The Bertz CT molecular complexity index is 579. The molecule has 0 bridgehead atoms. The normalized spacial score (nSPS) is 18.2. The van der Waals surface area contributed by atoms with Gasteiger partial charge >= 0.3 is 0 Å². The summed E-state index contributed by atoms with van der Waals surface area (Å²) in [6, 6.07) is 0.465. The number of aryl methyl sites for hydroxylation is 2. The lowest BCUT2D eigenvalue weighted by molar-refractivity contribution is 0.222. The number of fused-ring (bicyclic) bond motifs is 1. The summed E-state index contributed by atoms with van der Waals surface area (Å²) in [6.45, 7) is 4.29. The molecule has 0 amide bonds. The number of nitrogens with zero attached hydrogens (tertiary/aromatic N) is 4. The molecule has 1 fully saturated rings. The van der Waals surface area contributed by atoms with Crippen molar-refractivity contribution in [1.82, 2.24) is 19.3 Å². The second-order valence-electron chi connectivity index (χ2n) is 5.34. The highest BCUT2D eigenvalue weighted by atomic mass is 35.5. The highest BCUT2D eigenvalue weighted by Gasteiger charge is 2.29. The van der Waals surface area contributed by atoms with Crippen molar-refractivity contribution in [3.8, 4) is 0 Å². The summed E-state index contributed by atoms with van der Waals surface area (Å²) in [5, 5.41) is 4.46. The van der Waals surface area contributed by atoms with Crippen molar-refractivity contribution in [2.24, 2.45) is 13.0 Å². The molecule has 1 atom stereocenters. The largest absolute Gasteiger partial charge is 0.309 e. The van der Waals surface area contributed by atoms with Crippen LogP contribution in [0.4, 0.5) is 0 Å². The van der Waals surface area contributed by atoms with E-state index in [1.807, 2.05) is 18.7 Å². The van der Waals surface area contributed by atoms with Crippen LogP contribution in [0.1, 0.15) is 43.7 Å². The molecule has 2 heterocycles. The molecule has 3 rings (SSSR count). The van der Waals surface area contributed by atoms with Crippen molar-refractivity contribution >= 4 is 22.8 Å². The van der Waals surface area contributed by atoms with Crippen LogP contribution < -0.4 is 0 Å². The fourth-order valence-electron chi connectivity index (χ4n) is 3.00. The molecular formula is C13H19ClN4. The SMILES string of the molecule is Cc1nn(C)c2c1nc(CCl)n2C(C)C1CCC1. The zero-order valence-corrected chi connectivity index (χ0v) is 11.9. The van der Waals surface area contributed by atoms with Crippen molar-refractivity contribution in [2.75, 3.05) is 0 Å². The van der Waals surface area contributed by atoms with E-state index in [1.165, 1.54) is 19.3 Å². The zero-order valence-electron chi connectivity index (χ0n) is 11.1. The fourth-order valence-corrected chi connectivity index (χ4v) is 3.18. The summed E-state index contributed by atoms with van der Waals surface area (Å²) < 4.78 is 4.23. The average molecular weight is 267 g/mol. The number of hydrogen-bond acceptors (Lipinski definition) is 2. The van der Waals surface area contributed by atoms with Crippen LogP contribution in [-0.2, 0) is 12.9 Å². The molecule has 0 radical (unpaired) electrons. The van der Waals surface area contributed by atoms with Gasteiger partial charge in [-0.15, -0.1) is 11.6 Å². The van der Waals surface area contributed by atoms with E-state index in [2.05, 4.69) is 21.6 Å². The van der Waals surface area contributed by atoms with Crippen LogP contribution in [0.15, 0.2) is 0 Å². The van der Waals surface area contributed by atoms with Crippen molar-refractivity contribution in [1.29, 1.82) is 0 Å². The molecule has 0 aliphatic heterocycles. The van der Waals surface area contributed by atoms with Gasteiger partial charge in [0.05, 0.1) is 11.6 Å². The molecule has 5 heteroatoms. The Morgan fingerprint density at radius 3 is 2.72 bits per heavy atom. The van der Waals surface area contributed by atoms with Gasteiger partial charge in [0.15, 0.2) is 5.65 Å². The van der Waals surface area contributed by atoms with Crippen LogP contribution >= 0.6 is 11.6 Å². The fraction of sp³-hybridized carbons (Fsp3) is 0.692. The van der Waals surface area contributed by atoms with E-state index in [4.69, 9.17) is 11.6 Å². The maximum Gasteiger partial charge on any atom is 0.158 e. The highest BCUT2D eigenvalue weighted by molar-refractivity contribution is 6.16. The van der Waals surface area contributed by atoms with Crippen LogP contribution in [-0.4, -0.2) is 19.3 Å². The topological polar surface area (TPSA) is 35.6 Å². The van der Waals surface area contributed by atoms with Gasteiger partial charge in [-0.2, -0.15) is 5.10 Å². The maximum atomic E-state index is 6.06. The number of imidazole rings is 1. The molecule has 0 N–H and O–H groups in total. The Kier molecular flexibility index (Phi) is 2.85. The molecule has 18 heavy (non-hydrogen) atoms. The minimum atomic E-state index is 0.463. The summed E-state index contributed by atoms with van der Waals surface area (Å²) in [4.78, 5) is 4.66. The quantitative estimate of drug-likeness (QED) is 0.800. The van der Waals surface area contributed by atoms with Crippen molar-refractivity contribution < 1.29 is 0 Å². The first kappa shape index (κ1) is 12.0. The molecule has 4 nitrogen and oxygen atoms in total. The zero-order chi connectivity index (χ0) is 12.9. The van der Waals surface area contributed by atoms with Gasteiger partial charge in [0, 0.05) is 13.1 Å². The first-order chi connectivity index (χ1) is 8.63. The second-order valence-corrected chi connectivity index (χ2v) is 5.61. The summed E-state index contributed by atoms with van der Waals surface area (Å²) in [6.07, 6.45) is 3.99. The van der Waals surface area contributed by atoms with Crippen molar-refractivity contribution in [3.63, 3.8) is 0 Å². The summed E-state index contributed by atoms with van der Waals surface area (Å²) in [5.41, 5.74) is 3.10. The molecule has 1 saturated carbocycles. The molecule has 1 aliphatic carbocycles. The predicted molar refractivity (Wildman–Crippen MR) is 72.8 cm³/mol. The van der Waals surface area contributed by atoms with E-state index in [0.29, 0.717) is 11.9 Å².